The summed E-state index contributed by atoms with van der Waals surface area (Å²) >= 11 is 13.6. The van der Waals surface area contributed by atoms with Crippen molar-refractivity contribution >= 4 is 62.0 Å². The van der Waals surface area contributed by atoms with Gasteiger partial charge in [-0.25, -0.2) is 23.1 Å². The molecule has 1 fully saturated rings. The van der Waals surface area contributed by atoms with Gasteiger partial charge in [-0.05, 0) is 24.3 Å². The van der Waals surface area contributed by atoms with Crippen LogP contribution in [0.2, 0.25) is 10.0 Å². The Kier molecular flexibility index (Phi) is 7.36. The molecule has 3 aromatic heterocycles. The first-order valence-electron chi connectivity index (χ1n) is 10.6. The van der Waals surface area contributed by atoms with E-state index in [0.29, 0.717) is 53.9 Å². The van der Waals surface area contributed by atoms with E-state index in [4.69, 9.17) is 27.6 Å². The minimum Gasteiger partial charge on any atom is -0.441 e. The van der Waals surface area contributed by atoms with E-state index < -0.39 is 21.8 Å². The van der Waals surface area contributed by atoms with Crippen LogP contribution in [-0.4, -0.2) is 44.4 Å². The lowest BCUT2D eigenvalue weighted by Crippen LogP contribution is -2.42. The fourth-order valence-corrected chi connectivity index (χ4v) is 6.88. The highest BCUT2D eigenvalue weighted by Gasteiger charge is 2.31. The number of rotatable bonds is 7. The highest BCUT2D eigenvalue weighted by molar-refractivity contribution is 7.92. The maximum atomic E-state index is 12.6. The number of anilines is 2. The van der Waals surface area contributed by atoms with Gasteiger partial charge >= 0.3 is 0 Å². The van der Waals surface area contributed by atoms with E-state index in [-0.39, 0.29) is 9.23 Å². The van der Waals surface area contributed by atoms with Crippen molar-refractivity contribution in [2.75, 3.05) is 30.4 Å². The maximum absolute atomic E-state index is 12.6. The van der Waals surface area contributed by atoms with Gasteiger partial charge in [-0.3, -0.25) is 4.79 Å². The summed E-state index contributed by atoms with van der Waals surface area (Å²) in [6, 6.07) is 1.48. The lowest BCUT2D eigenvalue weighted by Gasteiger charge is -2.33. The van der Waals surface area contributed by atoms with Crippen molar-refractivity contribution in [3.63, 3.8) is 0 Å². The molecule has 0 bridgehead atoms. The van der Waals surface area contributed by atoms with Crippen LogP contribution in [0.25, 0.3) is 11.5 Å². The molecule has 9 nitrogen and oxygen atoms in total. The van der Waals surface area contributed by atoms with E-state index in [2.05, 4.69) is 20.0 Å². The van der Waals surface area contributed by atoms with Gasteiger partial charge in [0.25, 0.3) is 10.0 Å². The lowest BCUT2D eigenvalue weighted by atomic mass is 9.96. The Labute approximate surface area is 211 Å². The molecule has 0 aromatic carbocycles. The fourth-order valence-electron chi connectivity index (χ4n) is 3.79. The van der Waals surface area contributed by atoms with Crippen LogP contribution in [0.4, 0.5) is 11.5 Å². The lowest BCUT2D eigenvalue weighted by molar-refractivity contribution is -0.123. The van der Waals surface area contributed by atoms with Crippen molar-refractivity contribution in [2.24, 2.45) is 5.92 Å². The van der Waals surface area contributed by atoms with Crippen LogP contribution in [0.1, 0.15) is 25.5 Å². The monoisotopic (exact) mass is 543 g/mol. The Bertz CT molecular complexity index is 1300. The number of halogens is 2. The van der Waals surface area contributed by atoms with Gasteiger partial charge in [-0.1, -0.05) is 30.1 Å². The van der Waals surface area contributed by atoms with Crippen LogP contribution >= 0.6 is 34.5 Å². The van der Waals surface area contributed by atoms with E-state index >= 15 is 0 Å². The van der Waals surface area contributed by atoms with E-state index in [0.717, 1.165) is 23.5 Å². The number of sulfonamides is 1. The highest BCUT2D eigenvalue weighted by Crippen LogP contribution is 2.39. The van der Waals surface area contributed by atoms with Crippen molar-refractivity contribution < 1.29 is 17.6 Å². The number of amides is 1. The van der Waals surface area contributed by atoms with Gasteiger partial charge in [-0.2, -0.15) is 0 Å². The summed E-state index contributed by atoms with van der Waals surface area (Å²) in [5, 5.41) is 5.18. The summed E-state index contributed by atoms with van der Waals surface area (Å²) < 4.78 is 32.8. The van der Waals surface area contributed by atoms with Crippen LogP contribution in [0.3, 0.4) is 0 Å². The molecule has 0 unspecified atom stereocenters. The highest BCUT2D eigenvalue weighted by atomic mass is 35.5. The van der Waals surface area contributed by atoms with Crippen LogP contribution in [0.5, 0.6) is 0 Å². The van der Waals surface area contributed by atoms with E-state index in [1.165, 1.54) is 6.07 Å². The minimum atomic E-state index is -3.99. The molecule has 4 heterocycles. The molecule has 13 heteroatoms. The second kappa shape index (κ2) is 10.1. The summed E-state index contributed by atoms with van der Waals surface area (Å²) in [7, 11) is -2.23. The molecule has 1 saturated heterocycles. The Morgan fingerprint density at radius 2 is 2.00 bits per heavy atom. The molecule has 34 heavy (non-hydrogen) atoms. The largest absolute Gasteiger partial charge is 0.441 e. The molecule has 1 aliphatic heterocycles. The summed E-state index contributed by atoms with van der Waals surface area (Å²) in [5.74, 6) is 0.788. The summed E-state index contributed by atoms with van der Waals surface area (Å²) in [6.07, 6.45) is 4.97. The summed E-state index contributed by atoms with van der Waals surface area (Å²) in [5.41, 5.74) is 1.30. The summed E-state index contributed by atoms with van der Waals surface area (Å²) in [6.45, 7) is 2.96. The van der Waals surface area contributed by atoms with E-state index in [1.807, 2.05) is 11.8 Å². The number of pyridine rings is 1. The topological polar surface area (TPSA) is 117 Å². The molecule has 0 atom stereocenters. The predicted octanol–water partition coefficient (Wildman–Crippen LogP) is 4.43. The number of nitrogens with one attached hydrogen (secondary N) is 2. The quantitative estimate of drug-likeness (QED) is 0.449. The number of aryl methyl sites for hydroxylation is 1. The molecule has 2 N–H and O–H groups in total. The minimum absolute atomic E-state index is 0.0623. The van der Waals surface area contributed by atoms with Crippen LogP contribution in [0.15, 0.2) is 32.5 Å². The summed E-state index contributed by atoms with van der Waals surface area (Å²) in [4.78, 5) is 23.5. The van der Waals surface area contributed by atoms with Crippen molar-refractivity contribution in [3.05, 3.63) is 39.6 Å². The number of nitrogens with zero attached hydrogens (tertiary/aromatic N) is 3. The maximum Gasteiger partial charge on any atom is 0.275 e. The Morgan fingerprint density at radius 3 is 2.59 bits per heavy atom. The van der Waals surface area contributed by atoms with E-state index in [9.17, 15) is 13.2 Å². The van der Waals surface area contributed by atoms with Crippen molar-refractivity contribution in [1.82, 2.24) is 14.7 Å². The number of hydrogen-bond donors (Lipinski definition) is 2. The predicted molar refractivity (Wildman–Crippen MR) is 133 cm³/mol. The number of aromatic nitrogens is 2. The number of thiophene rings is 1. The van der Waals surface area contributed by atoms with Gasteiger partial charge in [0.2, 0.25) is 11.8 Å². The number of piperidine rings is 1. The second-order valence-corrected chi connectivity index (χ2v) is 11.3. The van der Waals surface area contributed by atoms with Crippen LogP contribution in [-0.2, 0) is 21.2 Å². The third-order valence-electron chi connectivity index (χ3n) is 5.61. The van der Waals surface area contributed by atoms with Crippen molar-refractivity contribution in [1.29, 1.82) is 0 Å². The third kappa shape index (κ3) is 4.88. The van der Waals surface area contributed by atoms with Crippen LogP contribution < -0.4 is 14.9 Å². The smallest absolute Gasteiger partial charge is 0.275 e. The van der Waals surface area contributed by atoms with E-state index in [1.54, 1.807) is 24.8 Å². The molecule has 1 aliphatic rings. The Hall–Kier alpha value is -2.34. The van der Waals surface area contributed by atoms with Crippen molar-refractivity contribution in [2.45, 2.75) is 30.4 Å². The number of hydrogen-bond acceptors (Lipinski definition) is 9. The van der Waals surface area contributed by atoms with Crippen molar-refractivity contribution in [3.8, 4) is 11.5 Å². The molecule has 3 aromatic rings. The molecule has 1 amide bonds. The molecule has 0 aliphatic carbocycles. The average molecular weight is 544 g/mol. The molecular formula is C21H23Cl2N5O4S2. The average Bonchev–Trinajstić information content (AvgIpc) is 3.48. The Balaban J connectivity index is 1.45. The molecular weight excluding hydrogens is 521 g/mol. The zero-order valence-electron chi connectivity index (χ0n) is 18.5. The zero-order chi connectivity index (χ0) is 24.5. The van der Waals surface area contributed by atoms with Gasteiger partial charge in [0.1, 0.15) is 16.6 Å². The standard InChI is InChI=1S/C21H23Cl2N5O4S2/c1-3-13-10-26-20(32-13)14-11-25-18(16(23)17(14)24-2)28-7-4-12(5-8-28)19(29)27-34(30,31)21-15(22)6-9-33-21/h6,9-12H,3-5,7-8H2,1-2H3,(H,24,25)(H,27,29). The van der Waals surface area contributed by atoms with Gasteiger partial charge in [0.05, 0.1) is 22.5 Å². The molecule has 0 saturated carbocycles. The SMILES string of the molecule is CCc1cnc(-c2cnc(N3CCC(C(=O)NS(=O)(=O)c4sccc4Cl)CC3)c(Cl)c2NC)o1. The molecule has 4 rings (SSSR count). The Morgan fingerprint density at radius 1 is 1.26 bits per heavy atom. The third-order valence-corrected chi connectivity index (χ3v) is 9.34. The first-order valence-corrected chi connectivity index (χ1v) is 13.7. The number of carbonyl (C=O) groups excluding carboxylic acids is 1. The molecule has 0 spiro atoms. The first kappa shape index (κ1) is 24.8. The molecule has 182 valence electrons. The van der Waals surface area contributed by atoms with Gasteiger partial charge in [0, 0.05) is 38.7 Å². The second-order valence-electron chi connectivity index (χ2n) is 7.71. The van der Waals surface area contributed by atoms with Gasteiger partial charge in [0.15, 0.2) is 4.21 Å². The normalized spacial score (nSPS) is 14.9. The van der Waals surface area contributed by atoms with Crippen LogP contribution in [0, 0.1) is 5.92 Å². The number of oxazole rings is 1. The fraction of sp³-hybridized carbons (Fsp3) is 0.381. The first-order chi connectivity index (χ1) is 16.2. The van der Waals surface area contributed by atoms with Gasteiger partial charge in [-0.15, -0.1) is 11.3 Å². The zero-order valence-corrected chi connectivity index (χ0v) is 21.6. The molecule has 0 radical (unpaired) electrons. The number of carbonyl (C=O) groups is 1. The van der Waals surface area contributed by atoms with Gasteiger partial charge < -0.3 is 14.6 Å².